The van der Waals surface area contributed by atoms with Crippen LogP contribution in [0.15, 0.2) is 124 Å². The molecule has 204 valence electrons. The summed E-state index contributed by atoms with van der Waals surface area (Å²) in [6.07, 6.45) is 1.42. The number of nitrogens with one attached hydrogen (secondary N) is 2. The van der Waals surface area contributed by atoms with E-state index in [1.807, 2.05) is 18.2 Å². The van der Waals surface area contributed by atoms with Gasteiger partial charge in [-0.15, -0.1) is 0 Å². The lowest BCUT2D eigenvalue weighted by Gasteiger charge is -2.23. The fraction of sp³-hybridized carbons (Fsp3) is 0.0690. The number of halogens is 1. The Balaban J connectivity index is 1.34. The van der Waals surface area contributed by atoms with E-state index in [4.69, 9.17) is 4.74 Å². The molecule has 4 aromatic carbocycles. The number of para-hydroxylation sites is 1. The molecule has 0 aliphatic rings. The third kappa shape index (κ3) is 8.01. The average Bonchev–Trinajstić information content (AvgIpc) is 2.96. The van der Waals surface area contributed by atoms with E-state index in [1.54, 1.807) is 78.9 Å². The lowest BCUT2D eigenvalue weighted by atomic mass is 10.2. The number of hydrogen-bond acceptors (Lipinski definition) is 6. The monoisotopic (exact) mass is 620 g/mol. The summed E-state index contributed by atoms with van der Waals surface area (Å²) in [5.74, 6) is -0.425. The SMILES string of the molecule is O=C(CN(c1cccc(Br)c1)S(=O)(=O)c1ccccc1)N/N=C\c1ccc(OCC(=O)Nc2ccccc2)cc1. The highest BCUT2D eigenvalue weighted by Crippen LogP contribution is 2.26. The van der Waals surface area contributed by atoms with Crippen LogP contribution in [0, 0.1) is 0 Å². The van der Waals surface area contributed by atoms with Gasteiger partial charge in [-0.1, -0.05) is 58.4 Å². The van der Waals surface area contributed by atoms with E-state index >= 15 is 0 Å². The number of hydrazone groups is 1. The van der Waals surface area contributed by atoms with E-state index < -0.39 is 22.5 Å². The van der Waals surface area contributed by atoms with Gasteiger partial charge in [0.25, 0.3) is 21.8 Å². The Bertz CT molecular complexity index is 1580. The minimum Gasteiger partial charge on any atom is -0.484 e. The van der Waals surface area contributed by atoms with Gasteiger partial charge in [-0.2, -0.15) is 5.10 Å². The summed E-state index contributed by atoms with van der Waals surface area (Å²) >= 11 is 3.35. The number of rotatable bonds is 11. The second-order valence-electron chi connectivity index (χ2n) is 8.37. The summed E-state index contributed by atoms with van der Waals surface area (Å²) in [5.41, 5.74) is 4.04. The molecule has 0 aromatic heterocycles. The number of hydrogen-bond donors (Lipinski definition) is 2. The van der Waals surface area contributed by atoms with E-state index in [1.165, 1.54) is 18.3 Å². The van der Waals surface area contributed by atoms with Gasteiger partial charge in [0.1, 0.15) is 12.3 Å². The van der Waals surface area contributed by atoms with Gasteiger partial charge in [-0.05, 0) is 72.3 Å². The van der Waals surface area contributed by atoms with Crippen LogP contribution >= 0.6 is 15.9 Å². The van der Waals surface area contributed by atoms with Crippen molar-refractivity contribution < 1.29 is 22.7 Å². The van der Waals surface area contributed by atoms with Crippen LogP contribution in [0.2, 0.25) is 0 Å². The van der Waals surface area contributed by atoms with Crippen LogP contribution < -0.4 is 19.8 Å². The maximum absolute atomic E-state index is 13.3. The van der Waals surface area contributed by atoms with E-state index in [2.05, 4.69) is 31.8 Å². The zero-order chi connectivity index (χ0) is 28.4. The van der Waals surface area contributed by atoms with Gasteiger partial charge in [0.15, 0.2) is 6.61 Å². The highest BCUT2D eigenvalue weighted by molar-refractivity contribution is 9.10. The highest BCUT2D eigenvalue weighted by Gasteiger charge is 2.27. The fourth-order valence-corrected chi connectivity index (χ4v) is 5.35. The summed E-state index contributed by atoms with van der Waals surface area (Å²) in [6.45, 7) is -0.637. The van der Waals surface area contributed by atoms with Crippen LogP contribution in [0.1, 0.15) is 5.56 Å². The number of nitrogens with zero attached hydrogens (tertiary/aromatic N) is 2. The largest absolute Gasteiger partial charge is 0.484 e. The summed E-state index contributed by atoms with van der Waals surface area (Å²) in [7, 11) is -4.02. The first-order valence-corrected chi connectivity index (χ1v) is 14.3. The van der Waals surface area contributed by atoms with Gasteiger partial charge in [-0.3, -0.25) is 13.9 Å². The van der Waals surface area contributed by atoms with Gasteiger partial charge >= 0.3 is 0 Å². The second-order valence-corrected chi connectivity index (χ2v) is 11.1. The average molecular weight is 622 g/mol. The quantitative estimate of drug-likeness (QED) is 0.184. The Hall–Kier alpha value is -4.48. The summed E-state index contributed by atoms with van der Waals surface area (Å²) in [5, 5.41) is 6.69. The number of benzene rings is 4. The predicted octanol–water partition coefficient (Wildman–Crippen LogP) is 4.81. The molecule has 0 saturated heterocycles. The molecule has 4 rings (SSSR count). The molecule has 9 nitrogen and oxygen atoms in total. The topological polar surface area (TPSA) is 117 Å². The van der Waals surface area contributed by atoms with E-state index in [0.29, 0.717) is 27.2 Å². The van der Waals surface area contributed by atoms with Crippen LogP contribution in [0.4, 0.5) is 11.4 Å². The van der Waals surface area contributed by atoms with Gasteiger partial charge in [-0.25, -0.2) is 13.8 Å². The number of sulfonamides is 1. The summed E-state index contributed by atoms with van der Waals surface area (Å²) in [4.78, 5) is 24.8. The first-order chi connectivity index (χ1) is 19.3. The van der Waals surface area contributed by atoms with Crippen molar-refractivity contribution in [1.29, 1.82) is 0 Å². The maximum Gasteiger partial charge on any atom is 0.264 e. The van der Waals surface area contributed by atoms with Gasteiger partial charge in [0.05, 0.1) is 16.8 Å². The molecule has 0 spiro atoms. The molecular weight excluding hydrogens is 596 g/mol. The van der Waals surface area contributed by atoms with Gasteiger partial charge in [0.2, 0.25) is 0 Å². The third-order valence-corrected chi connectivity index (χ3v) is 7.71. The van der Waals surface area contributed by atoms with Crippen LogP contribution in [0.5, 0.6) is 5.75 Å². The van der Waals surface area contributed by atoms with Crippen molar-refractivity contribution in [3.8, 4) is 5.75 Å². The minimum absolute atomic E-state index is 0.0612. The molecule has 0 aliphatic heterocycles. The number of amides is 2. The standard InChI is InChI=1S/C29H25BrN4O5S/c30-23-8-7-11-25(18-23)34(40(37,38)27-12-5-2-6-13-27)20-28(35)33-31-19-22-14-16-26(17-15-22)39-21-29(36)32-24-9-3-1-4-10-24/h1-19H,20-21H2,(H,32,36)(H,33,35)/b31-19-. The fourth-order valence-electron chi connectivity index (χ4n) is 3.53. The lowest BCUT2D eigenvalue weighted by Crippen LogP contribution is -2.39. The Kier molecular flexibility index (Phi) is 9.66. The van der Waals surface area contributed by atoms with E-state index in [0.717, 1.165) is 4.31 Å². The normalized spacial score (nSPS) is 11.1. The molecule has 0 saturated carbocycles. The van der Waals surface area contributed by atoms with E-state index in [-0.39, 0.29) is 17.4 Å². The van der Waals surface area contributed by atoms with Crippen LogP contribution in [0.25, 0.3) is 0 Å². The first kappa shape index (κ1) is 28.5. The first-order valence-electron chi connectivity index (χ1n) is 12.0. The lowest BCUT2D eigenvalue weighted by molar-refractivity contribution is -0.119. The number of ether oxygens (including phenoxy) is 1. The Morgan fingerprint density at radius 3 is 2.20 bits per heavy atom. The van der Waals surface area contributed by atoms with Crippen molar-refractivity contribution in [2.24, 2.45) is 5.10 Å². The molecule has 0 heterocycles. The van der Waals surface area contributed by atoms with Crippen molar-refractivity contribution in [3.63, 3.8) is 0 Å². The van der Waals surface area contributed by atoms with Crippen LogP contribution in [-0.2, 0) is 19.6 Å². The molecule has 2 amide bonds. The highest BCUT2D eigenvalue weighted by atomic mass is 79.9. The molecule has 2 N–H and O–H groups in total. The molecule has 0 unspecified atom stereocenters. The van der Waals surface area contributed by atoms with Crippen LogP contribution in [-0.4, -0.2) is 39.6 Å². The maximum atomic E-state index is 13.3. The molecule has 40 heavy (non-hydrogen) atoms. The molecule has 0 radical (unpaired) electrons. The summed E-state index contributed by atoms with van der Waals surface area (Å²) in [6, 6.07) is 30.4. The number of anilines is 2. The zero-order valence-corrected chi connectivity index (χ0v) is 23.5. The van der Waals surface area contributed by atoms with Crippen molar-refractivity contribution in [2.75, 3.05) is 22.8 Å². The molecular formula is C29H25BrN4O5S. The summed E-state index contributed by atoms with van der Waals surface area (Å²) < 4.78 is 33.9. The Morgan fingerprint density at radius 2 is 1.52 bits per heavy atom. The van der Waals surface area contributed by atoms with E-state index in [9.17, 15) is 18.0 Å². The minimum atomic E-state index is -4.02. The smallest absolute Gasteiger partial charge is 0.264 e. The zero-order valence-electron chi connectivity index (χ0n) is 21.1. The molecule has 11 heteroatoms. The molecule has 0 atom stereocenters. The second kappa shape index (κ2) is 13.5. The number of carbonyl (C=O) groups excluding carboxylic acids is 2. The van der Waals surface area contributed by atoms with Crippen molar-refractivity contribution in [2.45, 2.75) is 4.90 Å². The van der Waals surface area contributed by atoms with Crippen molar-refractivity contribution >= 4 is 55.4 Å². The van der Waals surface area contributed by atoms with Crippen molar-refractivity contribution in [3.05, 3.63) is 119 Å². The Morgan fingerprint density at radius 1 is 0.850 bits per heavy atom. The third-order valence-electron chi connectivity index (χ3n) is 5.43. The Labute approximate surface area is 240 Å². The predicted molar refractivity (Wildman–Crippen MR) is 158 cm³/mol. The molecule has 4 aromatic rings. The van der Waals surface area contributed by atoms with Crippen LogP contribution in [0.3, 0.4) is 0 Å². The van der Waals surface area contributed by atoms with Gasteiger partial charge in [0, 0.05) is 10.2 Å². The molecule has 0 aliphatic carbocycles. The van der Waals surface area contributed by atoms with Gasteiger partial charge < -0.3 is 10.1 Å². The van der Waals surface area contributed by atoms with Crippen molar-refractivity contribution in [1.82, 2.24) is 5.43 Å². The molecule has 0 bridgehead atoms. The number of carbonyl (C=O) groups is 2. The molecule has 0 fully saturated rings.